The molecule has 0 radical (unpaired) electrons. The fraction of sp³-hybridized carbons (Fsp3) is 0.173. The number of rotatable bonds is 0. The van der Waals surface area contributed by atoms with Gasteiger partial charge in [0.05, 0.1) is 46.8 Å². The molecule has 12 aromatic heterocycles. The number of aryl methyl sites for hydroxylation is 13. The Morgan fingerprint density at radius 3 is 1.18 bits per heavy atom. The lowest BCUT2D eigenvalue weighted by Gasteiger charge is -2.01. The van der Waals surface area contributed by atoms with E-state index in [9.17, 15) is 14.4 Å². The molecule has 0 spiro atoms. The Bertz CT molecular complexity index is 3710. The molecule has 0 amide bonds. The van der Waals surface area contributed by atoms with Crippen LogP contribution in [0.25, 0.3) is 10.9 Å². The Kier molecular flexibility index (Phi) is 43.9. The molecule has 12 heterocycles. The molecule has 23 nitrogen and oxygen atoms in total. The first-order valence-corrected chi connectivity index (χ1v) is 30.3. The second kappa shape index (κ2) is 52.8. The highest BCUT2D eigenvalue weighted by molar-refractivity contribution is 5.77. The van der Waals surface area contributed by atoms with Gasteiger partial charge in [-0.25, -0.2) is 24.9 Å². The van der Waals surface area contributed by atoms with E-state index in [0.717, 1.165) is 45.4 Å². The van der Waals surface area contributed by atoms with E-state index >= 15 is 0 Å². The molecular formula is C75H86N20O3. The van der Waals surface area contributed by atoms with Gasteiger partial charge in [0, 0.05) is 168 Å². The second-order valence-corrected chi connectivity index (χ2v) is 20.2. The highest BCUT2D eigenvalue weighted by Gasteiger charge is 1.98. The number of hydrogen-bond acceptors (Lipinski definition) is 20. The van der Waals surface area contributed by atoms with Crippen molar-refractivity contribution in [3.8, 4) is 0 Å². The number of nitrogens with zero attached hydrogens (tertiary/aromatic N) is 20. The van der Waals surface area contributed by atoms with Crippen LogP contribution in [0.15, 0.2) is 303 Å². The van der Waals surface area contributed by atoms with Crippen molar-refractivity contribution in [2.45, 2.75) is 69.2 Å². The molecule has 14 aromatic rings. The molecule has 98 heavy (non-hydrogen) atoms. The third kappa shape index (κ3) is 44.8. The molecule has 0 N–H and O–H groups in total. The molecule has 0 saturated carbocycles. The Labute approximate surface area is 573 Å². The van der Waals surface area contributed by atoms with Crippen LogP contribution in [0.4, 0.5) is 0 Å². The zero-order chi connectivity index (χ0) is 71.6. The molecule has 0 saturated heterocycles. The van der Waals surface area contributed by atoms with Gasteiger partial charge in [-0.2, -0.15) is 25.4 Å². The van der Waals surface area contributed by atoms with Gasteiger partial charge in [0.25, 0.3) is 11.1 Å². The highest BCUT2D eigenvalue weighted by Crippen LogP contribution is 2.06. The minimum absolute atomic E-state index is 0.0278. The molecule has 23 heteroatoms. The first-order chi connectivity index (χ1) is 47.3. The van der Waals surface area contributed by atoms with Crippen molar-refractivity contribution in [2.24, 2.45) is 21.1 Å². The van der Waals surface area contributed by atoms with Crippen LogP contribution in [-0.2, 0) is 21.1 Å². The number of benzene rings is 2. The number of para-hydroxylation sites is 1. The summed E-state index contributed by atoms with van der Waals surface area (Å²) in [6.07, 6.45) is 38.8. The van der Waals surface area contributed by atoms with Crippen molar-refractivity contribution < 1.29 is 0 Å². The van der Waals surface area contributed by atoms with Gasteiger partial charge >= 0.3 is 0 Å². The Morgan fingerprint density at radius 2 is 0.847 bits per heavy atom. The van der Waals surface area contributed by atoms with Crippen LogP contribution in [-0.4, -0.2) is 98.9 Å². The van der Waals surface area contributed by atoms with Crippen molar-refractivity contribution in [3.63, 3.8) is 0 Å². The number of aromatic nitrogens is 20. The smallest absolute Gasteiger partial charge is 0.280 e. The summed E-state index contributed by atoms with van der Waals surface area (Å²) in [5.41, 5.74) is 10.7. The van der Waals surface area contributed by atoms with Gasteiger partial charge in [0.2, 0.25) is 0 Å². The van der Waals surface area contributed by atoms with Crippen molar-refractivity contribution in [2.75, 3.05) is 0 Å². The number of fused-ring (bicyclic) bond motifs is 1. The van der Waals surface area contributed by atoms with Crippen LogP contribution in [0.3, 0.4) is 0 Å². The van der Waals surface area contributed by atoms with Crippen LogP contribution in [0.1, 0.15) is 56.5 Å². The lowest BCUT2D eigenvalue weighted by atomic mass is 10.2. The van der Waals surface area contributed by atoms with Gasteiger partial charge in [-0.1, -0.05) is 60.2 Å². The monoisotopic (exact) mass is 1310 g/mol. The summed E-state index contributed by atoms with van der Waals surface area (Å²) in [5, 5.41) is 15.3. The van der Waals surface area contributed by atoms with E-state index in [-0.39, 0.29) is 16.5 Å². The first-order valence-electron chi connectivity index (χ1n) is 30.3. The van der Waals surface area contributed by atoms with E-state index in [0.29, 0.717) is 5.39 Å². The third-order valence-corrected chi connectivity index (χ3v) is 11.4. The molecule has 0 aliphatic carbocycles. The Hall–Kier alpha value is -12.7. The van der Waals surface area contributed by atoms with Gasteiger partial charge < -0.3 is 13.7 Å². The van der Waals surface area contributed by atoms with E-state index in [1.807, 2.05) is 195 Å². The molecule has 14 rings (SSSR count). The average Bonchev–Trinajstić information content (AvgIpc) is 0.837. The zero-order valence-corrected chi connectivity index (χ0v) is 57.8. The van der Waals surface area contributed by atoms with E-state index in [1.165, 1.54) is 64.6 Å². The molecule has 0 unspecified atom stereocenters. The minimum Gasteiger partial charge on any atom is -0.357 e. The summed E-state index contributed by atoms with van der Waals surface area (Å²) in [6.45, 7) is 19.6. The minimum atomic E-state index is -0.163. The summed E-state index contributed by atoms with van der Waals surface area (Å²) in [4.78, 5) is 82.1. The molecule has 2 aromatic carbocycles. The quantitative estimate of drug-likeness (QED) is 0.136. The van der Waals surface area contributed by atoms with E-state index < -0.39 is 0 Å². The van der Waals surface area contributed by atoms with Gasteiger partial charge in [-0.15, -0.1) is 0 Å². The maximum absolute atomic E-state index is 11.2. The normalized spacial score (nSPS) is 8.99. The molecular weight excluding hydrogens is 1230 g/mol. The lowest BCUT2D eigenvalue weighted by molar-refractivity contribution is 0.824. The molecule has 0 aliphatic rings. The van der Waals surface area contributed by atoms with Crippen LogP contribution in [0, 0.1) is 69.2 Å². The van der Waals surface area contributed by atoms with Gasteiger partial charge in [0.1, 0.15) is 12.2 Å². The fourth-order valence-corrected chi connectivity index (χ4v) is 6.21. The van der Waals surface area contributed by atoms with Gasteiger partial charge in [-0.05, 0) is 159 Å². The molecule has 0 aliphatic heterocycles. The second-order valence-electron chi connectivity index (χ2n) is 20.2. The zero-order valence-electron chi connectivity index (χ0n) is 57.8. The number of hydrogen-bond donors (Lipinski definition) is 0. The van der Waals surface area contributed by atoms with E-state index in [4.69, 9.17) is 0 Å². The first kappa shape index (κ1) is 81.4. The van der Waals surface area contributed by atoms with Crippen LogP contribution in [0.5, 0.6) is 0 Å². The highest BCUT2D eigenvalue weighted by atomic mass is 16.1. The van der Waals surface area contributed by atoms with Gasteiger partial charge in [-0.3, -0.25) is 49.3 Å². The van der Waals surface area contributed by atoms with Crippen molar-refractivity contribution in [3.05, 3.63) is 376 Å². The summed E-state index contributed by atoms with van der Waals surface area (Å²) >= 11 is 0. The molecule has 0 bridgehead atoms. The molecule has 504 valence electrons. The summed E-state index contributed by atoms with van der Waals surface area (Å²) < 4.78 is 5.07. The van der Waals surface area contributed by atoms with E-state index in [2.05, 4.69) is 104 Å². The number of pyridine rings is 4. The maximum atomic E-state index is 11.2. The summed E-state index contributed by atoms with van der Waals surface area (Å²) in [6, 6.07) is 45.3. The van der Waals surface area contributed by atoms with Crippen LogP contribution < -0.4 is 16.5 Å². The van der Waals surface area contributed by atoms with Crippen molar-refractivity contribution in [1.29, 1.82) is 0 Å². The van der Waals surface area contributed by atoms with Gasteiger partial charge in [0.15, 0.2) is 5.43 Å². The van der Waals surface area contributed by atoms with Crippen LogP contribution >= 0.6 is 0 Å². The maximum Gasteiger partial charge on any atom is 0.280 e. The summed E-state index contributed by atoms with van der Waals surface area (Å²) in [7, 11) is 5.41. The fourth-order valence-electron chi connectivity index (χ4n) is 6.21. The molecule has 0 fully saturated rings. The predicted octanol–water partition coefficient (Wildman–Crippen LogP) is 12.0. The lowest BCUT2D eigenvalue weighted by Crippen LogP contribution is -2.13. The SMILES string of the molecule is Cc1ccccc1.Cc1ccccn1.Cc1cccnc1.Cc1cccnn1.Cc1ccncc1.Cc1ccncn1.Cc1ccnnc1.Cc1cnccn1.Cc1cnccn1.Cc1ncccn1.Cn1ccc(=O)cc1.Cn1cnc(=O)c2ccccc21.Cn1cnccc1=O. The Morgan fingerprint density at radius 1 is 0.306 bits per heavy atom. The topological polar surface area (TPSA) is 285 Å². The van der Waals surface area contributed by atoms with Crippen molar-refractivity contribution in [1.82, 2.24) is 98.9 Å². The standard InChI is InChI=1S/C9H8N2O.C7H8.C6H7NO.3C6H7N.C5H6N2O.6C5H6N2/c1-11-6-10-9(12)7-4-2-3-5-8(7)11;1-7-5-3-2-4-6-7;1-7-4-2-6(8)3-5-7;1-6-2-4-7-5-3-6;1-6-3-2-4-7-5-6;1-6-4-2-3-5-7-6;1-7-4-6-3-2-5(7)8;2*1-5-4-6-2-3-7-5;1-5-2-3-6-4-7-5;1-5-2-3-6-7-4-5;1-5-6-3-2-4-7-5;1-5-3-2-4-6-7-5/h2-6H,1H3;2-6H,1H3;2-5H,1H3;3*2-5H,1H3;2-4H,1H3;6*2-4H,1H3. The van der Waals surface area contributed by atoms with Crippen LogP contribution in [0.2, 0.25) is 0 Å². The summed E-state index contributed by atoms with van der Waals surface area (Å²) in [5.74, 6) is 0.822. The predicted molar refractivity (Wildman–Crippen MR) is 387 cm³/mol. The largest absolute Gasteiger partial charge is 0.357 e. The average molecular weight is 1320 g/mol. The third-order valence-electron chi connectivity index (χ3n) is 11.4. The van der Waals surface area contributed by atoms with E-state index in [1.54, 1.807) is 131 Å². The molecule has 0 atom stereocenters. The Balaban J connectivity index is 0.000000362. The van der Waals surface area contributed by atoms with Crippen molar-refractivity contribution >= 4 is 10.9 Å².